The second-order valence-electron chi connectivity index (χ2n) is 6.19. The van der Waals surface area contributed by atoms with E-state index in [2.05, 4.69) is 30.3 Å². The monoisotopic (exact) mass is 352 g/mol. The van der Waals surface area contributed by atoms with Crippen molar-refractivity contribution in [2.45, 2.75) is 18.5 Å². The Morgan fingerprint density at radius 1 is 0.731 bits per heavy atom. The second kappa shape index (κ2) is 8.05. The minimum absolute atomic E-state index is 0.154. The van der Waals surface area contributed by atoms with Crippen LogP contribution in [-0.2, 0) is 12.6 Å². The third-order valence-corrected chi connectivity index (χ3v) is 4.29. The zero-order valence-corrected chi connectivity index (χ0v) is 14.2. The molecule has 0 saturated carbocycles. The van der Waals surface area contributed by atoms with Gasteiger partial charge in [-0.1, -0.05) is 84.9 Å². The first-order valence-electron chi connectivity index (χ1n) is 8.47. The number of hydrogen-bond donors (Lipinski definition) is 0. The molecular weight excluding hydrogens is 333 g/mol. The van der Waals surface area contributed by atoms with Gasteiger partial charge in [-0.05, 0) is 35.2 Å². The summed E-state index contributed by atoms with van der Waals surface area (Å²) in [5, 5.41) is 0. The van der Waals surface area contributed by atoms with Crippen LogP contribution in [0.2, 0.25) is 0 Å². The highest BCUT2D eigenvalue weighted by molar-refractivity contribution is 5.52. The molecule has 0 amide bonds. The average molecular weight is 352 g/mol. The Morgan fingerprint density at radius 3 is 1.88 bits per heavy atom. The molecule has 0 aliphatic carbocycles. The van der Waals surface area contributed by atoms with Crippen LogP contribution in [0.5, 0.6) is 0 Å². The molecule has 0 aromatic heterocycles. The number of rotatable bonds is 5. The SMILES string of the molecule is FC(F)(F)c1ccc(/C=C/C(Cc2ccccc2)c2ccccc2)cc1. The van der Waals surface area contributed by atoms with Crippen LogP contribution in [0.1, 0.15) is 28.2 Å². The lowest BCUT2D eigenvalue weighted by atomic mass is 9.91. The molecule has 26 heavy (non-hydrogen) atoms. The van der Waals surface area contributed by atoms with Crippen LogP contribution in [0.4, 0.5) is 13.2 Å². The van der Waals surface area contributed by atoms with Crippen LogP contribution in [0.3, 0.4) is 0 Å². The van der Waals surface area contributed by atoms with Crippen molar-refractivity contribution in [3.63, 3.8) is 0 Å². The molecule has 132 valence electrons. The van der Waals surface area contributed by atoms with E-state index in [1.165, 1.54) is 23.3 Å². The zero-order valence-electron chi connectivity index (χ0n) is 14.2. The molecule has 1 unspecified atom stereocenters. The van der Waals surface area contributed by atoms with Gasteiger partial charge < -0.3 is 0 Å². The van der Waals surface area contributed by atoms with E-state index in [-0.39, 0.29) is 5.92 Å². The molecule has 0 radical (unpaired) electrons. The Kier molecular flexibility index (Phi) is 5.57. The van der Waals surface area contributed by atoms with E-state index in [0.717, 1.165) is 24.1 Å². The van der Waals surface area contributed by atoms with Gasteiger partial charge in [-0.3, -0.25) is 0 Å². The third kappa shape index (κ3) is 4.85. The number of alkyl halides is 3. The third-order valence-electron chi connectivity index (χ3n) is 4.29. The van der Waals surface area contributed by atoms with Crippen LogP contribution in [0.25, 0.3) is 6.08 Å². The molecule has 0 bridgehead atoms. The van der Waals surface area contributed by atoms with Crippen molar-refractivity contribution in [1.29, 1.82) is 0 Å². The molecule has 0 nitrogen and oxygen atoms in total. The molecule has 3 aromatic rings. The lowest BCUT2D eigenvalue weighted by Gasteiger charge is -2.14. The van der Waals surface area contributed by atoms with Crippen LogP contribution < -0.4 is 0 Å². The maximum atomic E-state index is 12.7. The predicted octanol–water partition coefficient (Wildman–Crippen LogP) is 6.75. The zero-order chi connectivity index (χ0) is 18.4. The number of hydrogen-bond acceptors (Lipinski definition) is 0. The van der Waals surface area contributed by atoms with Crippen molar-refractivity contribution >= 4 is 6.08 Å². The molecule has 0 aliphatic rings. The van der Waals surface area contributed by atoms with E-state index < -0.39 is 11.7 Å². The maximum Gasteiger partial charge on any atom is 0.416 e. The van der Waals surface area contributed by atoms with Gasteiger partial charge in [0.1, 0.15) is 0 Å². The summed E-state index contributed by atoms with van der Waals surface area (Å²) in [6.45, 7) is 0. The van der Waals surface area contributed by atoms with Crippen molar-refractivity contribution in [3.8, 4) is 0 Å². The van der Waals surface area contributed by atoms with E-state index >= 15 is 0 Å². The second-order valence-corrected chi connectivity index (χ2v) is 6.19. The molecular formula is C23H19F3. The molecule has 0 N–H and O–H groups in total. The summed E-state index contributed by atoms with van der Waals surface area (Å²) < 4.78 is 38.0. The summed E-state index contributed by atoms with van der Waals surface area (Å²) in [5.74, 6) is 0.154. The molecule has 0 fully saturated rings. The normalized spacial score (nSPS) is 13.0. The fraction of sp³-hybridized carbons (Fsp3) is 0.130. The summed E-state index contributed by atoms with van der Waals surface area (Å²) >= 11 is 0. The van der Waals surface area contributed by atoms with E-state index in [1.807, 2.05) is 42.5 Å². The smallest absolute Gasteiger partial charge is 0.166 e. The first kappa shape index (κ1) is 18.0. The number of benzene rings is 3. The molecule has 0 saturated heterocycles. The first-order valence-corrected chi connectivity index (χ1v) is 8.47. The lowest BCUT2D eigenvalue weighted by molar-refractivity contribution is -0.137. The molecule has 3 rings (SSSR count). The van der Waals surface area contributed by atoms with E-state index in [1.54, 1.807) is 0 Å². The molecule has 0 aliphatic heterocycles. The minimum Gasteiger partial charge on any atom is -0.166 e. The van der Waals surface area contributed by atoms with Crippen LogP contribution in [0, 0.1) is 0 Å². The Labute approximate surface area is 151 Å². The van der Waals surface area contributed by atoms with Gasteiger partial charge >= 0.3 is 6.18 Å². The van der Waals surface area contributed by atoms with Gasteiger partial charge in [0, 0.05) is 5.92 Å². The van der Waals surface area contributed by atoms with Gasteiger partial charge in [-0.2, -0.15) is 13.2 Å². The molecule has 3 heteroatoms. The van der Waals surface area contributed by atoms with Crippen molar-refractivity contribution in [2.75, 3.05) is 0 Å². The lowest BCUT2D eigenvalue weighted by Crippen LogP contribution is -2.04. The number of allylic oxidation sites excluding steroid dienone is 1. The van der Waals surface area contributed by atoms with E-state index in [9.17, 15) is 13.2 Å². The highest BCUT2D eigenvalue weighted by atomic mass is 19.4. The summed E-state index contributed by atoms with van der Waals surface area (Å²) in [4.78, 5) is 0. The average Bonchev–Trinajstić information content (AvgIpc) is 2.66. The van der Waals surface area contributed by atoms with Gasteiger partial charge in [0.2, 0.25) is 0 Å². The summed E-state index contributed by atoms with van der Waals surface area (Å²) in [6, 6.07) is 25.5. The molecule has 0 spiro atoms. The first-order chi connectivity index (χ1) is 12.5. The highest BCUT2D eigenvalue weighted by Crippen LogP contribution is 2.29. The Hall–Kier alpha value is -2.81. The van der Waals surface area contributed by atoms with Crippen LogP contribution >= 0.6 is 0 Å². The van der Waals surface area contributed by atoms with Crippen molar-refractivity contribution in [1.82, 2.24) is 0 Å². The topological polar surface area (TPSA) is 0 Å². The van der Waals surface area contributed by atoms with Gasteiger partial charge in [0.15, 0.2) is 0 Å². The quantitative estimate of drug-likeness (QED) is 0.477. The van der Waals surface area contributed by atoms with Crippen LogP contribution in [0.15, 0.2) is 91.0 Å². The maximum absolute atomic E-state index is 12.7. The van der Waals surface area contributed by atoms with Gasteiger partial charge in [-0.15, -0.1) is 0 Å². The molecule has 3 aromatic carbocycles. The fourth-order valence-corrected chi connectivity index (χ4v) is 2.88. The molecule has 0 heterocycles. The van der Waals surface area contributed by atoms with E-state index in [4.69, 9.17) is 0 Å². The summed E-state index contributed by atoms with van der Waals surface area (Å²) in [5.41, 5.74) is 2.53. The van der Waals surface area contributed by atoms with Gasteiger partial charge in [0.05, 0.1) is 5.56 Å². The summed E-state index contributed by atoms with van der Waals surface area (Å²) in [7, 11) is 0. The standard InChI is InChI=1S/C23H19F3/c24-23(25,26)22-15-12-18(13-16-22)11-14-21(20-9-5-2-6-10-20)17-19-7-3-1-4-8-19/h1-16,21H,17H2/b14-11+. The van der Waals surface area contributed by atoms with Crippen LogP contribution in [-0.4, -0.2) is 0 Å². The Balaban J connectivity index is 1.82. The van der Waals surface area contributed by atoms with Crippen molar-refractivity contribution < 1.29 is 13.2 Å². The Morgan fingerprint density at radius 2 is 1.31 bits per heavy atom. The van der Waals surface area contributed by atoms with Crippen molar-refractivity contribution in [3.05, 3.63) is 113 Å². The highest BCUT2D eigenvalue weighted by Gasteiger charge is 2.29. The largest absolute Gasteiger partial charge is 0.416 e. The minimum atomic E-state index is -4.30. The van der Waals surface area contributed by atoms with Crippen molar-refractivity contribution in [2.24, 2.45) is 0 Å². The summed E-state index contributed by atoms with van der Waals surface area (Å²) in [6.07, 6.45) is 0.482. The fourth-order valence-electron chi connectivity index (χ4n) is 2.88. The molecule has 1 atom stereocenters. The number of halogens is 3. The van der Waals surface area contributed by atoms with E-state index in [0.29, 0.717) is 0 Å². The van der Waals surface area contributed by atoms with Gasteiger partial charge in [-0.25, -0.2) is 0 Å². The van der Waals surface area contributed by atoms with Gasteiger partial charge in [0.25, 0.3) is 0 Å². The Bertz CT molecular complexity index is 832. The predicted molar refractivity (Wildman–Crippen MR) is 99.8 cm³/mol.